The van der Waals surface area contributed by atoms with Crippen molar-refractivity contribution in [2.24, 2.45) is 34.0 Å². The van der Waals surface area contributed by atoms with E-state index < -0.39 is 17.0 Å². The van der Waals surface area contributed by atoms with Gasteiger partial charge in [-0.25, -0.2) is 0 Å². The van der Waals surface area contributed by atoms with Crippen LogP contribution in [0.5, 0.6) is 0 Å². The normalized spacial score (nSPS) is 52.4. The summed E-state index contributed by atoms with van der Waals surface area (Å²) >= 11 is 0. The molecule has 4 nitrogen and oxygen atoms in total. The van der Waals surface area contributed by atoms with Gasteiger partial charge in [-0.3, -0.25) is 4.79 Å². The topological polar surface area (TPSA) is 77.8 Å². The molecule has 0 aromatic heterocycles. The number of hydrogen-bond acceptors (Lipinski definition) is 3. The van der Waals surface area contributed by atoms with Crippen LogP contribution < -0.4 is 0 Å². The lowest BCUT2D eigenvalue weighted by atomic mass is 9.40. The summed E-state index contributed by atoms with van der Waals surface area (Å²) in [6.45, 7) is 4.34. The van der Waals surface area contributed by atoms with Crippen molar-refractivity contribution < 1.29 is 20.1 Å². The van der Waals surface area contributed by atoms with Gasteiger partial charge in [-0.2, -0.15) is 0 Å². The fourth-order valence-corrected chi connectivity index (χ4v) is 7.96. The highest BCUT2D eigenvalue weighted by Crippen LogP contribution is 2.72. The molecule has 2 bridgehead atoms. The summed E-state index contributed by atoms with van der Waals surface area (Å²) in [5.41, 5.74) is -1.58. The number of carboxylic acid groups (broad SMARTS) is 1. The van der Waals surface area contributed by atoms with Crippen LogP contribution in [0, 0.1) is 34.0 Å². The minimum atomic E-state index is -0.981. The standard InChI is InChI=1S/C20H32O4/c1-17(2)7-3-8-20(16(22)23)14(17)6-9-18-10-13(4-5-15(18)20)19(24,11-18)12-21/h13-15,21,24H,3-12H2,1-2H3,(H,22,23). The van der Waals surface area contributed by atoms with Gasteiger partial charge in [0.2, 0.25) is 0 Å². The summed E-state index contributed by atoms with van der Waals surface area (Å²) in [6, 6.07) is 0. The Bertz CT molecular complexity index is 558. The van der Waals surface area contributed by atoms with E-state index in [1.165, 1.54) is 0 Å². The second kappa shape index (κ2) is 4.97. The molecule has 3 N–H and O–H groups in total. The van der Waals surface area contributed by atoms with Crippen LogP contribution in [0.3, 0.4) is 0 Å². The van der Waals surface area contributed by atoms with Gasteiger partial charge < -0.3 is 15.3 Å². The van der Waals surface area contributed by atoms with Crippen molar-refractivity contribution in [3.05, 3.63) is 0 Å². The third-order valence-electron chi connectivity index (χ3n) is 8.82. The number of aliphatic carboxylic acids is 1. The number of carboxylic acids is 1. The quantitative estimate of drug-likeness (QED) is 0.723. The van der Waals surface area contributed by atoms with E-state index in [0.717, 1.165) is 51.4 Å². The lowest BCUT2D eigenvalue weighted by Gasteiger charge is -2.62. The average molecular weight is 336 g/mol. The molecule has 1 spiro atoms. The Morgan fingerprint density at radius 1 is 1.08 bits per heavy atom. The number of carbonyl (C=O) groups is 1. The van der Waals surface area contributed by atoms with E-state index in [4.69, 9.17) is 0 Å². The van der Waals surface area contributed by atoms with Crippen molar-refractivity contribution in [3.63, 3.8) is 0 Å². The molecule has 0 aromatic carbocycles. The number of rotatable bonds is 2. The van der Waals surface area contributed by atoms with Crippen LogP contribution in [0.2, 0.25) is 0 Å². The fraction of sp³-hybridized carbons (Fsp3) is 0.950. The van der Waals surface area contributed by atoms with Crippen molar-refractivity contribution in [2.45, 2.75) is 77.2 Å². The number of aliphatic hydroxyl groups excluding tert-OH is 1. The summed E-state index contributed by atoms with van der Waals surface area (Å²) < 4.78 is 0. The Hall–Kier alpha value is -0.610. The van der Waals surface area contributed by atoms with Crippen molar-refractivity contribution in [3.8, 4) is 0 Å². The molecule has 4 saturated carbocycles. The van der Waals surface area contributed by atoms with E-state index in [9.17, 15) is 20.1 Å². The SMILES string of the molecule is CC1(C)CCCC2(C(=O)O)C1CCC13CC(CCC12)C(O)(CO)C3. The van der Waals surface area contributed by atoms with Gasteiger partial charge in [0.15, 0.2) is 0 Å². The molecule has 6 atom stereocenters. The highest BCUT2D eigenvalue weighted by molar-refractivity contribution is 5.76. The summed E-state index contributed by atoms with van der Waals surface area (Å²) in [5, 5.41) is 31.1. The second-order valence-electron chi connectivity index (χ2n) is 10.1. The van der Waals surface area contributed by atoms with E-state index in [0.29, 0.717) is 6.42 Å². The molecule has 4 rings (SSSR count). The largest absolute Gasteiger partial charge is 0.481 e. The lowest BCUT2D eigenvalue weighted by Crippen LogP contribution is -2.60. The minimum absolute atomic E-state index is 0.0668. The molecule has 4 fully saturated rings. The van der Waals surface area contributed by atoms with Gasteiger partial charge in [0.1, 0.15) is 0 Å². The van der Waals surface area contributed by atoms with Crippen LogP contribution in [0.25, 0.3) is 0 Å². The van der Waals surface area contributed by atoms with Crippen molar-refractivity contribution in [1.29, 1.82) is 0 Å². The molecule has 0 saturated heterocycles. The van der Waals surface area contributed by atoms with Gasteiger partial charge in [0.05, 0.1) is 17.6 Å². The highest BCUT2D eigenvalue weighted by atomic mass is 16.4. The summed E-state index contributed by atoms with van der Waals surface area (Å²) in [7, 11) is 0. The van der Waals surface area contributed by atoms with E-state index in [1.54, 1.807) is 0 Å². The Morgan fingerprint density at radius 2 is 1.83 bits per heavy atom. The Kier molecular flexibility index (Phi) is 3.49. The molecule has 0 heterocycles. The highest BCUT2D eigenvalue weighted by Gasteiger charge is 2.70. The fourth-order valence-electron chi connectivity index (χ4n) is 7.96. The molecule has 4 aliphatic carbocycles. The molecule has 0 aliphatic heterocycles. The Labute approximate surface area is 144 Å². The molecular formula is C20H32O4. The first kappa shape index (κ1) is 16.8. The first-order valence-corrected chi connectivity index (χ1v) is 9.77. The molecule has 24 heavy (non-hydrogen) atoms. The Balaban J connectivity index is 1.80. The third-order valence-corrected chi connectivity index (χ3v) is 8.82. The zero-order valence-electron chi connectivity index (χ0n) is 15.1. The molecule has 136 valence electrons. The van der Waals surface area contributed by atoms with Crippen LogP contribution >= 0.6 is 0 Å². The number of fused-ring (bicyclic) bond motifs is 3. The first-order chi connectivity index (χ1) is 11.2. The summed E-state index contributed by atoms with van der Waals surface area (Å²) in [6.07, 6.45) is 8.20. The molecule has 0 radical (unpaired) electrons. The summed E-state index contributed by atoms with van der Waals surface area (Å²) in [4.78, 5) is 12.6. The predicted molar refractivity (Wildman–Crippen MR) is 90.3 cm³/mol. The van der Waals surface area contributed by atoms with Crippen LogP contribution in [0.1, 0.15) is 71.6 Å². The Morgan fingerprint density at radius 3 is 2.50 bits per heavy atom. The van der Waals surface area contributed by atoms with Gasteiger partial charge in [0, 0.05) is 0 Å². The van der Waals surface area contributed by atoms with Gasteiger partial charge >= 0.3 is 5.97 Å². The molecule has 4 aliphatic rings. The molecule has 4 heteroatoms. The van der Waals surface area contributed by atoms with Crippen LogP contribution in [0.4, 0.5) is 0 Å². The first-order valence-electron chi connectivity index (χ1n) is 9.77. The van der Waals surface area contributed by atoms with E-state index in [-0.39, 0.29) is 35.2 Å². The zero-order valence-corrected chi connectivity index (χ0v) is 15.1. The van der Waals surface area contributed by atoms with Gasteiger partial charge in [-0.1, -0.05) is 20.3 Å². The minimum Gasteiger partial charge on any atom is -0.481 e. The molecular weight excluding hydrogens is 304 g/mol. The van der Waals surface area contributed by atoms with Gasteiger partial charge in [0.25, 0.3) is 0 Å². The number of hydrogen-bond donors (Lipinski definition) is 3. The van der Waals surface area contributed by atoms with Crippen LogP contribution in [-0.4, -0.2) is 33.5 Å². The van der Waals surface area contributed by atoms with Crippen molar-refractivity contribution >= 4 is 5.97 Å². The van der Waals surface area contributed by atoms with Gasteiger partial charge in [-0.15, -0.1) is 0 Å². The second-order valence-corrected chi connectivity index (χ2v) is 10.1. The lowest BCUT2D eigenvalue weighted by molar-refractivity contribution is -0.194. The monoisotopic (exact) mass is 336 g/mol. The molecule has 6 unspecified atom stereocenters. The van der Waals surface area contributed by atoms with E-state index >= 15 is 0 Å². The maximum atomic E-state index is 12.6. The third kappa shape index (κ3) is 1.90. The predicted octanol–water partition coefficient (Wildman–Crippen LogP) is 3.21. The zero-order chi connectivity index (χ0) is 17.4. The van der Waals surface area contributed by atoms with E-state index in [2.05, 4.69) is 13.8 Å². The number of aliphatic hydroxyl groups is 2. The molecule has 0 amide bonds. The maximum absolute atomic E-state index is 12.6. The maximum Gasteiger partial charge on any atom is 0.310 e. The molecule has 0 aromatic rings. The summed E-state index contributed by atoms with van der Waals surface area (Å²) in [5.74, 6) is -0.0381. The van der Waals surface area contributed by atoms with Gasteiger partial charge in [-0.05, 0) is 80.0 Å². The van der Waals surface area contributed by atoms with Crippen molar-refractivity contribution in [1.82, 2.24) is 0 Å². The van der Waals surface area contributed by atoms with Crippen molar-refractivity contribution in [2.75, 3.05) is 6.61 Å². The van der Waals surface area contributed by atoms with Crippen LogP contribution in [-0.2, 0) is 4.79 Å². The van der Waals surface area contributed by atoms with E-state index in [1.807, 2.05) is 0 Å². The van der Waals surface area contributed by atoms with Crippen LogP contribution in [0.15, 0.2) is 0 Å². The average Bonchev–Trinajstić information content (AvgIpc) is 2.73. The smallest absolute Gasteiger partial charge is 0.310 e.